The Labute approximate surface area is 149 Å². The van der Waals surface area contributed by atoms with Crippen LogP contribution in [0.25, 0.3) is 0 Å². The van der Waals surface area contributed by atoms with Gasteiger partial charge in [-0.3, -0.25) is 4.79 Å². The van der Waals surface area contributed by atoms with Gasteiger partial charge in [0.05, 0.1) is 10.5 Å². The third-order valence-electron chi connectivity index (χ3n) is 3.54. The number of amides is 1. The highest BCUT2D eigenvalue weighted by Crippen LogP contribution is 2.15. The lowest BCUT2D eigenvalue weighted by molar-refractivity contribution is -0.124. The van der Waals surface area contributed by atoms with Crippen LogP contribution in [0.5, 0.6) is 0 Å². The summed E-state index contributed by atoms with van der Waals surface area (Å²) < 4.78 is 30.1. The van der Waals surface area contributed by atoms with E-state index < -0.39 is 22.6 Å². The first-order valence-corrected chi connectivity index (χ1v) is 9.69. The number of ether oxygens (including phenoxy) is 1. The fourth-order valence-electron chi connectivity index (χ4n) is 2.04. The number of unbranched alkanes of at least 4 members (excludes halogenated alkanes) is 3. The summed E-state index contributed by atoms with van der Waals surface area (Å²) in [6, 6.07) is 5.54. The molecule has 140 valence electrons. The van der Waals surface area contributed by atoms with E-state index >= 15 is 0 Å². The molecule has 0 atom stereocenters. The molecule has 7 nitrogen and oxygen atoms in total. The number of nitrogens with zero attached hydrogens (tertiary/aromatic N) is 1. The van der Waals surface area contributed by atoms with Crippen LogP contribution in [0.3, 0.4) is 0 Å². The zero-order chi connectivity index (χ0) is 18.9. The first-order valence-electron chi connectivity index (χ1n) is 8.25. The predicted molar refractivity (Wildman–Crippen MR) is 94.7 cm³/mol. The highest BCUT2D eigenvalue weighted by molar-refractivity contribution is 7.89. The van der Waals surface area contributed by atoms with Crippen molar-refractivity contribution in [2.24, 2.45) is 0 Å². The molecule has 0 saturated heterocycles. The number of rotatable bonds is 10. The molecule has 0 aliphatic carbocycles. The Hall–Kier alpha value is -1.93. The van der Waals surface area contributed by atoms with Gasteiger partial charge in [0.2, 0.25) is 10.0 Å². The van der Waals surface area contributed by atoms with E-state index in [1.807, 2.05) is 0 Å². The van der Waals surface area contributed by atoms with Crippen molar-refractivity contribution in [3.8, 4) is 0 Å². The van der Waals surface area contributed by atoms with Gasteiger partial charge in [-0.2, -0.15) is 0 Å². The lowest BCUT2D eigenvalue weighted by Crippen LogP contribution is -2.29. The second-order valence-corrected chi connectivity index (χ2v) is 7.95. The van der Waals surface area contributed by atoms with Crippen molar-refractivity contribution < 1.29 is 22.7 Å². The Balaban J connectivity index is 2.54. The van der Waals surface area contributed by atoms with Gasteiger partial charge in [-0.25, -0.2) is 17.5 Å². The summed E-state index contributed by atoms with van der Waals surface area (Å²) >= 11 is 0. The molecule has 0 saturated carbocycles. The molecular formula is C17H26N2O5S. The minimum atomic E-state index is -3.64. The molecule has 0 aromatic heterocycles. The number of carbonyl (C=O) groups is 2. The summed E-state index contributed by atoms with van der Waals surface area (Å²) in [6.45, 7) is 2.26. The van der Waals surface area contributed by atoms with Gasteiger partial charge >= 0.3 is 5.97 Å². The maximum Gasteiger partial charge on any atom is 0.338 e. The Kier molecular flexibility index (Phi) is 8.57. The Morgan fingerprint density at radius 3 is 2.52 bits per heavy atom. The number of esters is 1. The van der Waals surface area contributed by atoms with Gasteiger partial charge in [0.1, 0.15) is 0 Å². The van der Waals surface area contributed by atoms with Crippen LogP contribution in [0.1, 0.15) is 43.0 Å². The van der Waals surface area contributed by atoms with E-state index in [1.54, 1.807) is 0 Å². The van der Waals surface area contributed by atoms with Crippen LogP contribution in [-0.2, 0) is 19.6 Å². The van der Waals surface area contributed by atoms with Crippen molar-refractivity contribution in [1.29, 1.82) is 0 Å². The van der Waals surface area contributed by atoms with Crippen LogP contribution in [-0.4, -0.2) is 51.8 Å². The topological polar surface area (TPSA) is 92.8 Å². The first kappa shape index (κ1) is 21.1. The molecule has 0 heterocycles. The number of hydrogen-bond acceptors (Lipinski definition) is 5. The van der Waals surface area contributed by atoms with Crippen molar-refractivity contribution in [3.63, 3.8) is 0 Å². The average Bonchev–Trinajstić information content (AvgIpc) is 2.59. The van der Waals surface area contributed by atoms with Crippen molar-refractivity contribution in [1.82, 2.24) is 9.62 Å². The Morgan fingerprint density at radius 2 is 1.88 bits per heavy atom. The molecule has 0 fully saturated rings. The molecule has 0 spiro atoms. The molecule has 0 aliphatic rings. The summed E-state index contributed by atoms with van der Waals surface area (Å²) in [7, 11) is -0.822. The highest BCUT2D eigenvalue weighted by Gasteiger charge is 2.19. The van der Waals surface area contributed by atoms with Crippen LogP contribution in [0.15, 0.2) is 29.2 Å². The molecule has 25 heavy (non-hydrogen) atoms. The number of carbonyl (C=O) groups excluding carboxylic acids is 2. The zero-order valence-corrected chi connectivity index (χ0v) is 15.8. The second-order valence-electron chi connectivity index (χ2n) is 5.80. The minimum absolute atomic E-state index is 0.00711. The Bertz CT molecular complexity index is 686. The molecule has 0 bridgehead atoms. The quantitative estimate of drug-likeness (QED) is 0.501. The van der Waals surface area contributed by atoms with Crippen LogP contribution < -0.4 is 5.32 Å². The normalized spacial score (nSPS) is 11.4. The summed E-state index contributed by atoms with van der Waals surface area (Å²) in [4.78, 5) is 23.6. The van der Waals surface area contributed by atoms with Gasteiger partial charge in [-0.1, -0.05) is 32.3 Å². The maximum absolute atomic E-state index is 12.1. The van der Waals surface area contributed by atoms with E-state index in [1.165, 1.54) is 38.4 Å². The van der Waals surface area contributed by atoms with E-state index in [4.69, 9.17) is 4.74 Å². The smallest absolute Gasteiger partial charge is 0.338 e. The standard InChI is InChI=1S/C17H26N2O5S/c1-4-5-6-7-11-18-16(20)13-24-17(21)14-9-8-10-15(12-14)25(22,23)19(2)3/h8-10,12H,4-7,11,13H2,1-3H3,(H,18,20). The van der Waals surface area contributed by atoms with Crippen molar-refractivity contribution >= 4 is 21.9 Å². The molecule has 1 aromatic carbocycles. The van der Waals surface area contributed by atoms with Gasteiger partial charge in [0.15, 0.2) is 6.61 Å². The SMILES string of the molecule is CCCCCCNC(=O)COC(=O)c1cccc(S(=O)(=O)N(C)C)c1. The zero-order valence-electron chi connectivity index (χ0n) is 14.9. The van der Waals surface area contributed by atoms with E-state index in [0.29, 0.717) is 6.54 Å². The molecule has 1 rings (SSSR count). The molecule has 0 radical (unpaired) electrons. The minimum Gasteiger partial charge on any atom is -0.452 e. The van der Waals surface area contributed by atoms with Crippen LogP contribution in [0.4, 0.5) is 0 Å². The van der Waals surface area contributed by atoms with Gasteiger partial charge in [0.25, 0.3) is 5.91 Å². The first-order chi connectivity index (χ1) is 11.8. The van der Waals surface area contributed by atoms with Gasteiger partial charge in [-0.15, -0.1) is 0 Å². The lowest BCUT2D eigenvalue weighted by Gasteiger charge is -2.12. The molecule has 8 heteroatoms. The maximum atomic E-state index is 12.1. The van der Waals surface area contributed by atoms with Crippen LogP contribution in [0.2, 0.25) is 0 Å². The number of sulfonamides is 1. The van der Waals surface area contributed by atoms with E-state index in [2.05, 4.69) is 12.2 Å². The number of benzene rings is 1. The molecule has 1 N–H and O–H groups in total. The van der Waals surface area contributed by atoms with Crippen molar-refractivity contribution in [2.45, 2.75) is 37.5 Å². The molecule has 0 aliphatic heterocycles. The van der Waals surface area contributed by atoms with E-state index in [-0.39, 0.29) is 16.4 Å². The molecular weight excluding hydrogens is 344 g/mol. The summed E-state index contributed by atoms with van der Waals surface area (Å²) in [5, 5.41) is 2.68. The Morgan fingerprint density at radius 1 is 1.16 bits per heavy atom. The van der Waals surface area contributed by atoms with Crippen molar-refractivity contribution in [2.75, 3.05) is 27.2 Å². The summed E-state index contributed by atoms with van der Waals surface area (Å²) in [6.07, 6.45) is 4.17. The van der Waals surface area contributed by atoms with Gasteiger partial charge < -0.3 is 10.1 Å². The fraction of sp³-hybridized carbons (Fsp3) is 0.529. The number of hydrogen-bond donors (Lipinski definition) is 1. The van der Waals surface area contributed by atoms with Crippen LogP contribution >= 0.6 is 0 Å². The third-order valence-corrected chi connectivity index (χ3v) is 5.35. The summed E-state index contributed by atoms with van der Waals surface area (Å²) in [5.41, 5.74) is 0.0821. The monoisotopic (exact) mass is 370 g/mol. The largest absolute Gasteiger partial charge is 0.452 e. The predicted octanol–water partition coefficient (Wildman–Crippen LogP) is 1.79. The third kappa shape index (κ3) is 6.83. The summed E-state index contributed by atoms with van der Waals surface area (Å²) in [5.74, 6) is -1.11. The molecule has 0 unspecified atom stereocenters. The van der Waals surface area contributed by atoms with Crippen molar-refractivity contribution in [3.05, 3.63) is 29.8 Å². The fourth-order valence-corrected chi connectivity index (χ4v) is 2.99. The lowest BCUT2D eigenvalue weighted by atomic mass is 10.2. The molecule has 1 amide bonds. The van der Waals surface area contributed by atoms with Gasteiger partial charge in [0, 0.05) is 20.6 Å². The molecule has 1 aromatic rings. The van der Waals surface area contributed by atoms with Gasteiger partial charge in [-0.05, 0) is 24.6 Å². The number of nitrogens with one attached hydrogen (secondary N) is 1. The van der Waals surface area contributed by atoms with E-state index in [9.17, 15) is 18.0 Å². The highest BCUT2D eigenvalue weighted by atomic mass is 32.2. The average molecular weight is 370 g/mol. The van der Waals surface area contributed by atoms with Crippen LogP contribution in [0, 0.1) is 0 Å². The van der Waals surface area contributed by atoms with E-state index in [0.717, 1.165) is 30.0 Å². The second kappa shape index (κ2) is 10.1.